The van der Waals surface area contributed by atoms with Gasteiger partial charge in [-0.15, -0.1) is 0 Å². The fourth-order valence-electron chi connectivity index (χ4n) is 4.50. The fourth-order valence-corrected chi connectivity index (χ4v) is 4.99. The van der Waals surface area contributed by atoms with Crippen molar-refractivity contribution in [3.05, 3.63) is 62.6 Å². The number of hydrogen-bond donors (Lipinski definition) is 1. The van der Waals surface area contributed by atoms with Crippen LogP contribution < -0.4 is 10.1 Å². The molecule has 1 spiro atoms. The summed E-state index contributed by atoms with van der Waals surface area (Å²) in [5.74, 6) is 0.117. The summed E-state index contributed by atoms with van der Waals surface area (Å²) in [5.41, 5.74) is 2.34. The molecule has 168 valence electrons. The van der Waals surface area contributed by atoms with Gasteiger partial charge in [-0.25, -0.2) is 0 Å². The third kappa shape index (κ3) is 4.48. The molecule has 2 aromatic carbocycles. The van der Waals surface area contributed by atoms with E-state index in [4.69, 9.17) is 27.9 Å². The molecule has 2 amide bonds. The number of amides is 2. The molecule has 0 radical (unpaired) electrons. The summed E-state index contributed by atoms with van der Waals surface area (Å²) >= 11 is 11.9. The fraction of sp³-hybridized carbons (Fsp3) is 0.375. The molecule has 8 heteroatoms. The number of likely N-dealkylation sites (tertiary alicyclic amines) is 1. The van der Waals surface area contributed by atoms with Gasteiger partial charge in [0.15, 0.2) is 5.78 Å². The van der Waals surface area contributed by atoms with Crippen molar-refractivity contribution in [3.63, 3.8) is 0 Å². The van der Waals surface area contributed by atoms with Crippen molar-refractivity contribution in [3.8, 4) is 5.75 Å². The number of fused-ring (bicyclic) bond motifs is 1. The summed E-state index contributed by atoms with van der Waals surface area (Å²) in [7, 11) is 0. The average Bonchev–Trinajstić information content (AvgIpc) is 2.71. The van der Waals surface area contributed by atoms with Gasteiger partial charge in [0.1, 0.15) is 11.4 Å². The second-order valence-corrected chi connectivity index (χ2v) is 9.37. The first-order chi connectivity index (χ1) is 15.2. The molecule has 2 heterocycles. The van der Waals surface area contributed by atoms with Crippen LogP contribution in [0.5, 0.6) is 5.75 Å². The van der Waals surface area contributed by atoms with Crippen LogP contribution in [0.4, 0.5) is 0 Å². The average molecular weight is 475 g/mol. The highest BCUT2D eigenvalue weighted by molar-refractivity contribution is 6.36. The maximum absolute atomic E-state index is 12.8. The van der Waals surface area contributed by atoms with E-state index in [0.717, 1.165) is 11.1 Å². The minimum atomic E-state index is -0.582. The Morgan fingerprint density at radius 3 is 2.53 bits per heavy atom. The molecule has 0 atom stereocenters. The number of hydrogen-bond acceptors (Lipinski definition) is 4. The maximum Gasteiger partial charge on any atom is 0.253 e. The first kappa shape index (κ1) is 22.6. The number of aryl methyl sites for hydroxylation is 2. The van der Waals surface area contributed by atoms with Crippen LogP contribution in [0.1, 0.15) is 51.1 Å². The van der Waals surface area contributed by atoms with E-state index in [1.165, 1.54) is 12.1 Å². The molecule has 0 unspecified atom stereocenters. The van der Waals surface area contributed by atoms with Crippen molar-refractivity contribution in [2.45, 2.75) is 38.7 Å². The zero-order valence-electron chi connectivity index (χ0n) is 18.0. The predicted octanol–water partition coefficient (Wildman–Crippen LogP) is 4.37. The molecule has 2 aromatic rings. The number of nitrogens with one attached hydrogen (secondary N) is 1. The van der Waals surface area contributed by atoms with Crippen LogP contribution in [0.25, 0.3) is 0 Å². The van der Waals surface area contributed by atoms with Gasteiger partial charge in [-0.2, -0.15) is 0 Å². The lowest BCUT2D eigenvalue weighted by molar-refractivity contribution is -0.133. The molecule has 1 fully saturated rings. The maximum atomic E-state index is 12.8. The highest BCUT2D eigenvalue weighted by Crippen LogP contribution is 2.41. The third-order valence-electron chi connectivity index (χ3n) is 6.14. The number of rotatable bonds is 3. The van der Waals surface area contributed by atoms with E-state index >= 15 is 0 Å². The Morgan fingerprint density at radius 1 is 1.12 bits per heavy atom. The van der Waals surface area contributed by atoms with E-state index in [2.05, 4.69) is 5.32 Å². The van der Waals surface area contributed by atoms with Gasteiger partial charge in [-0.05, 0) is 49.2 Å². The van der Waals surface area contributed by atoms with E-state index in [1.807, 2.05) is 26.0 Å². The molecular formula is C24H24Cl2N2O4. The van der Waals surface area contributed by atoms with Crippen LogP contribution in [0.15, 0.2) is 30.3 Å². The van der Waals surface area contributed by atoms with Crippen LogP contribution in [-0.2, 0) is 4.79 Å². The summed E-state index contributed by atoms with van der Waals surface area (Å²) < 4.78 is 6.35. The number of piperidine rings is 1. The number of ketones is 1. The monoisotopic (exact) mass is 474 g/mol. The van der Waals surface area contributed by atoms with Gasteiger partial charge in [0.2, 0.25) is 5.91 Å². The molecular weight excluding hydrogens is 451 g/mol. The van der Waals surface area contributed by atoms with Crippen molar-refractivity contribution in [2.24, 2.45) is 0 Å². The molecule has 0 saturated carbocycles. The number of carbonyl (C=O) groups excluding carboxylic acids is 3. The number of carbonyl (C=O) groups is 3. The molecule has 0 aliphatic carbocycles. The Labute approximate surface area is 196 Å². The van der Waals surface area contributed by atoms with E-state index in [1.54, 1.807) is 11.0 Å². The quantitative estimate of drug-likeness (QED) is 0.716. The Hall–Kier alpha value is -2.57. The highest BCUT2D eigenvalue weighted by Gasteiger charge is 2.44. The Balaban J connectivity index is 1.36. The molecule has 2 aliphatic heterocycles. The minimum absolute atomic E-state index is 0.0932. The van der Waals surface area contributed by atoms with Crippen LogP contribution in [0.3, 0.4) is 0 Å². The first-order valence-corrected chi connectivity index (χ1v) is 11.3. The van der Waals surface area contributed by atoms with Crippen molar-refractivity contribution < 1.29 is 19.1 Å². The first-order valence-electron chi connectivity index (χ1n) is 10.5. The molecule has 2 aliphatic rings. The van der Waals surface area contributed by atoms with Crippen LogP contribution >= 0.6 is 23.2 Å². The van der Waals surface area contributed by atoms with Gasteiger partial charge in [-0.3, -0.25) is 14.4 Å². The molecule has 6 nitrogen and oxygen atoms in total. The topological polar surface area (TPSA) is 75.7 Å². The molecule has 1 saturated heterocycles. The van der Waals surface area contributed by atoms with Gasteiger partial charge >= 0.3 is 0 Å². The van der Waals surface area contributed by atoms with Gasteiger partial charge in [0.25, 0.3) is 5.91 Å². The lowest BCUT2D eigenvalue weighted by Crippen LogP contribution is -2.53. The Bertz CT molecular complexity index is 1110. The summed E-state index contributed by atoms with van der Waals surface area (Å²) in [6, 6.07) is 8.48. The predicted molar refractivity (Wildman–Crippen MR) is 123 cm³/mol. The van der Waals surface area contributed by atoms with Crippen LogP contribution in [0.2, 0.25) is 10.0 Å². The minimum Gasteiger partial charge on any atom is -0.486 e. The lowest BCUT2D eigenvalue weighted by Gasteiger charge is -2.44. The normalized spacial score (nSPS) is 17.0. The zero-order chi connectivity index (χ0) is 23.0. The van der Waals surface area contributed by atoms with E-state index in [-0.39, 0.29) is 28.8 Å². The lowest BCUT2D eigenvalue weighted by atomic mass is 9.81. The molecule has 0 aromatic heterocycles. The van der Waals surface area contributed by atoms with Crippen molar-refractivity contribution in [1.82, 2.24) is 10.2 Å². The van der Waals surface area contributed by atoms with Crippen molar-refractivity contribution in [1.29, 1.82) is 0 Å². The standard InChI is InChI=1S/C24H24Cl2N2O4/c1-14-9-15(2)22-19(29)12-24(32-20(22)10-14)5-7-28(8-6-24)21(30)13-27-23(31)17-4-3-16(25)11-18(17)26/h3-4,9-11H,5-8,12-13H2,1-2H3,(H,27,31). The van der Waals surface area contributed by atoms with Crippen LogP contribution in [0, 0.1) is 13.8 Å². The Morgan fingerprint density at radius 2 is 1.84 bits per heavy atom. The summed E-state index contributed by atoms with van der Waals surface area (Å²) in [6.45, 7) is 4.70. The van der Waals surface area contributed by atoms with Crippen molar-refractivity contribution >= 4 is 40.8 Å². The number of benzene rings is 2. The molecule has 1 N–H and O–H groups in total. The third-order valence-corrected chi connectivity index (χ3v) is 6.68. The highest BCUT2D eigenvalue weighted by atomic mass is 35.5. The SMILES string of the molecule is Cc1cc(C)c2c(c1)OC1(CCN(C(=O)CNC(=O)c3ccc(Cl)cc3Cl)CC1)CC2=O. The smallest absolute Gasteiger partial charge is 0.253 e. The van der Waals surface area contributed by atoms with E-state index in [9.17, 15) is 14.4 Å². The van der Waals surface area contributed by atoms with Gasteiger partial charge in [0, 0.05) is 31.0 Å². The van der Waals surface area contributed by atoms with Gasteiger partial charge in [0.05, 0.1) is 29.1 Å². The van der Waals surface area contributed by atoms with Gasteiger partial charge in [-0.1, -0.05) is 29.3 Å². The summed E-state index contributed by atoms with van der Waals surface area (Å²) in [4.78, 5) is 39.5. The van der Waals surface area contributed by atoms with E-state index in [0.29, 0.717) is 48.7 Å². The molecule has 0 bridgehead atoms. The second-order valence-electron chi connectivity index (χ2n) is 8.53. The Kier molecular flexibility index (Phi) is 6.19. The molecule has 32 heavy (non-hydrogen) atoms. The second kappa shape index (κ2) is 8.75. The number of Topliss-reactive ketones (excluding diaryl/α,β-unsaturated/α-hetero) is 1. The van der Waals surface area contributed by atoms with E-state index < -0.39 is 11.5 Å². The number of nitrogens with zero attached hydrogens (tertiary/aromatic N) is 1. The zero-order valence-corrected chi connectivity index (χ0v) is 19.5. The van der Waals surface area contributed by atoms with Gasteiger partial charge < -0.3 is 15.0 Å². The largest absolute Gasteiger partial charge is 0.486 e. The summed E-state index contributed by atoms with van der Waals surface area (Å²) in [6.07, 6.45) is 1.44. The number of halogens is 2. The number of ether oxygens (including phenoxy) is 1. The van der Waals surface area contributed by atoms with Crippen LogP contribution in [-0.4, -0.2) is 47.7 Å². The molecule has 4 rings (SSSR count). The van der Waals surface area contributed by atoms with Crippen molar-refractivity contribution in [2.75, 3.05) is 19.6 Å². The summed E-state index contributed by atoms with van der Waals surface area (Å²) in [5, 5.41) is 3.28.